The first kappa shape index (κ1) is 33.8. The molecule has 0 amide bonds. The van der Waals surface area contributed by atoms with Gasteiger partial charge >= 0.3 is 0 Å². The van der Waals surface area contributed by atoms with Crippen LogP contribution >= 0.6 is 0 Å². The Labute approximate surface area is 339 Å². The zero-order valence-electron chi connectivity index (χ0n) is 31.9. The van der Waals surface area contributed by atoms with Gasteiger partial charge in [-0.25, -0.2) is 0 Å². The first-order valence-electron chi connectivity index (χ1n) is 20.1. The van der Waals surface area contributed by atoms with Gasteiger partial charge in [0.1, 0.15) is 0 Å². The molecule has 0 aliphatic carbocycles. The second-order valence-electron chi connectivity index (χ2n) is 15.2. The minimum atomic E-state index is 1.19. The monoisotopic (exact) mass is 734 g/mol. The maximum absolute atomic E-state index is 2.43. The van der Waals surface area contributed by atoms with Gasteiger partial charge in [0.15, 0.2) is 0 Å². The van der Waals surface area contributed by atoms with Gasteiger partial charge in [-0.15, -0.1) is 0 Å². The van der Waals surface area contributed by atoms with E-state index in [-0.39, 0.29) is 0 Å². The van der Waals surface area contributed by atoms with Gasteiger partial charge in [-0.1, -0.05) is 224 Å². The molecule has 0 heteroatoms. The van der Waals surface area contributed by atoms with E-state index < -0.39 is 0 Å². The summed E-state index contributed by atoms with van der Waals surface area (Å²) in [6, 6.07) is 84.5. The number of hydrogen-bond acceptors (Lipinski definition) is 0. The lowest BCUT2D eigenvalue weighted by Crippen LogP contribution is -1.94. The second-order valence-corrected chi connectivity index (χ2v) is 15.2. The summed E-state index contributed by atoms with van der Waals surface area (Å²) < 4.78 is 0. The van der Waals surface area contributed by atoms with E-state index in [1.54, 1.807) is 0 Å². The van der Waals surface area contributed by atoms with Crippen LogP contribution in [0.2, 0.25) is 0 Å². The van der Waals surface area contributed by atoms with Crippen molar-refractivity contribution >= 4 is 43.1 Å². The molecule has 0 spiro atoms. The van der Waals surface area contributed by atoms with Gasteiger partial charge in [-0.05, 0) is 116 Å². The van der Waals surface area contributed by atoms with Crippen molar-refractivity contribution in [3.8, 4) is 66.8 Å². The molecule has 0 heterocycles. The molecule has 11 rings (SSSR count). The van der Waals surface area contributed by atoms with E-state index in [0.29, 0.717) is 0 Å². The summed E-state index contributed by atoms with van der Waals surface area (Å²) >= 11 is 0. The van der Waals surface area contributed by atoms with Crippen LogP contribution in [0, 0.1) is 0 Å². The fourth-order valence-corrected chi connectivity index (χ4v) is 9.13. The SMILES string of the molecule is c1ccc(-c2c3ccccc3c(-c3cc(-c4ccc(-c5ccc(-c6cccc7ccccc67)cc5)cc4)ccc3-c3cccc4ccccc34)c3ccccc23)cc1. The molecule has 11 aromatic rings. The van der Waals surface area contributed by atoms with Crippen LogP contribution in [0.4, 0.5) is 0 Å². The quantitative estimate of drug-likeness (QED) is 0.149. The standard InChI is InChI=1S/C58H38/c1-2-16-45(17-3-1)57-52-22-8-10-24-54(52)58(55-25-11-9-23-53(55)57)56-38-46(36-37-51(56)50-27-13-19-43-15-5-7-21-49(43)50)41-30-28-39(29-31-41)40-32-34-44(35-33-40)48-26-12-18-42-14-4-6-20-47(42)48/h1-38H. The molecule has 0 aliphatic heterocycles. The van der Waals surface area contributed by atoms with Crippen molar-refractivity contribution in [3.63, 3.8) is 0 Å². The smallest absolute Gasteiger partial charge is 0.00199 e. The molecule has 270 valence electrons. The summed E-state index contributed by atoms with van der Waals surface area (Å²) in [5.41, 5.74) is 14.8. The summed E-state index contributed by atoms with van der Waals surface area (Å²) in [6.07, 6.45) is 0. The Hall–Kier alpha value is -7.54. The highest BCUT2D eigenvalue weighted by Gasteiger charge is 2.20. The van der Waals surface area contributed by atoms with E-state index in [4.69, 9.17) is 0 Å². The van der Waals surface area contributed by atoms with Crippen molar-refractivity contribution in [3.05, 3.63) is 231 Å². The Morgan fingerprint density at radius 2 is 0.569 bits per heavy atom. The first-order chi connectivity index (χ1) is 28.8. The molecular weight excluding hydrogens is 697 g/mol. The Balaban J connectivity index is 1.07. The van der Waals surface area contributed by atoms with Gasteiger partial charge in [0.2, 0.25) is 0 Å². The number of rotatable bonds is 6. The minimum Gasteiger partial charge on any atom is -0.0622 e. The van der Waals surface area contributed by atoms with Crippen molar-refractivity contribution < 1.29 is 0 Å². The van der Waals surface area contributed by atoms with E-state index in [0.717, 1.165) is 0 Å². The van der Waals surface area contributed by atoms with E-state index in [1.165, 1.54) is 110 Å². The lowest BCUT2D eigenvalue weighted by Gasteiger charge is -2.21. The average Bonchev–Trinajstić information content (AvgIpc) is 3.30. The molecule has 0 bridgehead atoms. The molecule has 0 fully saturated rings. The Morgan fingerprint density at radius 1 is 0.172 bits per heavy atom. The Kier molecular flexibility index (Phi) is 8.26. The van der Waals surface area contributed by atoms with Gasteiger partial charge in [-0.3, -0.25) is 0 Å². The van der Waals surface area contributed by atoms with Crippen LogP contribution in [0.3, 0.4) is 0 Å². The first-order valence-corrected chi connectivity index (χ1v) is 20.1. The van der Waals surface area contributed by atoms with Crippen molar-refractivity contribution in [2.45, 2.75) is 0 Å². The fraction of sp³-hybridized carbons (Fsp3) is 0. The third-order valence-electron chi connectivity index (χ3n) is 11.9. The molecule has 0 radical (unpaired) electrons. The normalized spacial score (nSPS) is 11.4. The minimum absolute atomic E-state index is 1.19. The molecule has 0 saturated carbocycles. The Morgan fingerprint density at radius 3 is 1.14 bits per heavy atom. The molecule has 0 aromatic heterocycles. The highest BCUT2D eigenvalue weighted by atomic mass is 14.2. The van der Waals surface area contributed by atoms with Crippen molar-refractivity contribution in [2.75, 3.05) is 0 Å². The maximum Gasteiger partial charge on any atom is -0.00199 e. The van der Waals surface area contributed by atoms with Crippen LogP contribution in [0.25, 0.3) is 110 Å². The van der Waals surface area contributed by atoms with Crippen LogP contribution in [0.1, 0.15) is 0 Å². The lowest BCUT2D eigenvalue weighted by atomic mass is 9.82. The summed E-state index contributed by atoms with van der Waals surface area (Å²) in [5.74, 6) is 0. The number of fused-ring (bicyclic) bond motifs is 4. The van der Waals surface area contributed by atoms with Crippen LogP contribution in [0.15, 0.2) is 231 Å². The molecule has 0 N–H and O–H groups in total. The fourth-order valence-electron chi connectivity index (χ4n) is 9.13. The van der Waals surface area contributed by atoms with Gasteiger partial charge in [-0.2, -0.15) is 0 Å². The number of benzene rings is 11. The molecule has 0 saturated heterocycles. The topological polar surface area (TPSA) is 0 Å². The van der Waals surface area contributed by atoms with Gasteiger partial charge in [0.05, 0.1) is 0 Å². The summed E-state index contributed by atoms with van der Waals surface area (Å²) in [5, 5.41) is 10.1. The van der Waals surface area contributed by atoms with Crippen molar-refractivity contribution in [1.82, 2.24) is 0 Å². The zero-order chi connectivity index (χ0) is 38.4. The average molecular weight is 735 g/mol. The highest BCUT2D eigenvalue weighted by Crippen LogP contribution is 2.48. The van der Waals surface area contributed by atoms with Crippen LogP contribution in [0.5, 0.6) is 0 Å². The Bertz CT molecular complexity index is 3230. The molecule has 0 atom stereocenters. The van der Waals surface area contributed by atoms with Gasteiger partial charge in [0.25, 0.3) is 0 Å². The van der Waals surface area contributed by atoms with Crippen LogP contribution in [-0.4, -0.2) is 0 Å². The predicted molar refractivity (Wildman–Crippen MR) is 249 cm³/mol. The predicted octanol–water partition coefficient (Wildman–Crippen LogP) is 16.3. The van der Waals surface area contributed by atoms with E-state index in [9.17, 15) is 0 Å². The van der Waals surface area contributed by atoms with Crippen LogP contribution in [-0.2, 0) is 0 Å². The van der Waals surface area contributed by atoms with E-state index in [2.05, 4.69) is 231 Å². The zero-order valence-corrected chi connectivity index (χ0v) is 31.9. The third kappa shape index (κ3) is 5.78. The summed E-state index contributed by atoms with van der Waals surface area (Å²) in [7, 11) is 0. The molecule has 58 heavy (non-hydrogen) atoms. The van der Waals surface area contributed by atoms with E-state index in [1.807, 2.05) is 0 Å². The molecule has 0 nitrogen and oxygen atoms in total. The molecule has 0 aliphatic rings. The highest BCUT2D eigenvalue weighted by molar-refractivity contribution is 6.23. The molecule has 0 unspecified atom stereocenters. The largest absolute Gasteiger partial charge is 0.0622 e. The van der Waals surface area contributed by atoms with Gasteiger partial charge < -0.3 is 0 Å². The lowest BCUT2D eigenvalue weighted by molar-refractivity contribution is 1.57. The second kappa shape index (κ2) is 14.2. The van der Waals surface area contributed by atoms with E-state index >= 15 is 0 Å². The van der Waals surface area contributed by atoms with Crippen molar-refractivity contribution in [2.24, 2.45) is 0 Å². The van der Waals surface area contributed by atoms with Crippen LogP contribution < -0.4 is 0 Å². The van der Waals surface area contributed by atoms with Gasteiger partial charge in [0, 0.05) is 0 Å². The van der Waals surface area contributed by atoms with Crippen molar-refractivity contribution in [1.29, 1.82) is 0 Å². The summed E-state index contributed by atoms with van der Waals surface area (Å²) in [4.78, 5) is 0. The maximum atomic E-state index is 2.43. The molecule has 11 aromatic carbocycles. The third-order valence-corrected chi connectivity index (χ3v) is 11.9. The number of hydrogen-bond donors (Lipinski definition) is 0. The summed E-state index contributed by atoms with van der Waals surface area (Å²) in [6.45, 7) is 0. The molecular formula is C58H38.